The van der Waals surface area contributed by atoms with E-state index in [9.17, 15) is 0 Å². The molecule has 1 heteroatoms. The topological polar surface area (TPSA) is 3.24 Å². The fourth-order valence-corrected chi connectivity index (χ4v) is 1.90. The minimum atomic E-state index is 0.772. The van der Waals surface area contributed by atoms with Crippen molar-refractivity contribution in [3.63, 3.8) is 0 Å². The van der Waals surface area contributed by atoms with Crippen molar-refractivity contribution in [2.45, 2.75) is 59.4 Å². The van der Waals surface area contributed by atoms with Gasteiger partial charge in [0.15, 0.2) is 0 Å². The van der Waals surface area contributed by atoms with Crippen LogP contribution in [0.25, 0.3) is 0 Å². The lowest BCUT2D eigenvalue weighted by atomic mass is 10.1. The Morgan fingerprint density at radius 1 is 1.14 bits per heavy atom. The molecule has 0 aliphatic rings. The van der Waals surface area contributed by atoms with Crippen LogP contribution in [0.3, 0.4) is 0 Å². The summed E-state index contributed by atoms with van der Waals surface area (Å²) in [7, 11) is 0. The predicted molar refractivity (Wildman–Crippen MR) is 65.7 cm³/mol. The largest absolute Gasteiger partial charge is 0.300 e. The molecular formula is C13H27N. The van der Waals surface area contributed by atoms with Crippen LogP contribution in [0.1, 0.15) is 53.4 Å². The standard InChI is InChI=1S/C13H27N/c1-6-10-14(11-9-12(4)5)13(7-2)8-3/h13H,4,6-11H2,1-3,5H3. The SMILES string of the molecule is C=C(C)CCN(CCC)C(CC)CC. The second kappa shape index (κ2) is 8.05. The molecule has 0 heterocycles. The first-order chi connectivity index (χ1) is 6.65. The van der Waals surface area contributed by atoms with E-state index in [1.165, 1.54) is 37.9 Å². The highest BCUT2D eigenvalue weighted by atomic mass is 15.1. The molecule has 0 aliphatic heterocycles. The molecule has 0 aliphatic carbocycles. The first-order valence-electron chi connectivity index (χ1n) is 6.04. The van der Waals surface area contributed by atoms with Gasteiger partial charge in [0.1, 0.15) is 0 Å². The molecule has 0 spiro atoms. The molecular weight excluding hydrogens is 170 g/mol. The lowest BCUT2D eigenvalue weighted by Gasteiger charge is -2.30. The first-order valence-corrected chi connectivity index (χ1v) is 6.04. The summed E-state index contributed by atoms with van der Waals surface area (Å²) in [5, 5.41) is 0. The van der Waals surface area contributed by atoms with Gasteiger partial charge in [0, 0.05) is 12.6 Å². The normalized spacial score (nSPS) is 11.3. The van der Waals surface area contributed by atoms with Gasteiger partial charge < -0.3 is 4.90 Å². The summed E-state index contributed by atoms with van der Waals surface area (Å²) in [4.78, 5) is 2.62. The fraction of sp³-hybridized carbons (Fsp3) is 0.846. The molecule has 0 atom stereocenters. The number of nitrogens with zero attached hydrogens (tertiary/aromatic N) is 1. The van der Waals surface area contributed by atoms with Gasteiger partial charge in [-0.25, -0.2) is 0 Å². The zero-order valence-corrected chi connectivity index (χ0v) is 10.5. The van der Waals surface area contributed by atoms with E-state index in [1.807, 2.05) is 0 Å². The summed E-state index contributed by atoms with van der Waals surface area (Å²) in [5.41, 5.74) is 1.30. The van der Waals surface area contributed by atoms with Crippen molar-refractivity contribution >= 4 is 0 Å². The highest BCUT2D eigenvalue weighted by molar-refractivity contribution is 4.89. The second-order valence-electron chi connectivity index (χ2n) is 4.21. The smallest absolute Gasteiger partial charge is 0.00901 e. The van der Waals surface area contributed by atoms with Crippen LogP contribution in [0.2, 0.25) is 0 Å². The third-order valence-corrected chi connectivity index (χ3v) is 2.80. The van der Waals surface area contributed by atoms with Gasteiger partial charge in [0.25, 0.3) is 0 Å². The van der Waals surface area contributed by atoms with Crippen molar-refractivity contribution in [3.8, 4) is 0 Å². The minimum absolute atomic E-state index is 0.772. The van der Waals surface area contributed by atoms with Crippen LogP contribution in [0.5, 0.6) is 0 Å². The molecule has 0 radical (unpaired) electrons. The second-order valence-corrected chi connectivity index (χ2v) is 4.21. The minimum Gasteiger partial charge on any atom is -0.300 e. The van der Waals surface area contributed by atoms with Crippen LogP contribution in [-0.2, 0) is 0 Å². The maximum atomic E-state index is 3.97. The molecule has 0 rings (SSSR count). The van der Waals surface area contributed by atoms with E-state index in [2.05, 4.69) is 39.2 Å². The van der Waals surface area contributed by atoms with Crippen LogP contribution in [-0.4, -0.2) is 24.0 Å². The van der Waals surface area contributed by atoms with Gasteiger partial charge >= 0.3 is 0 Å². The summed E-state index contributed by atoms with van der Waals surface area (Å²) in [5.74, 6) is 0. The highest BCUT2D eigenvalue weighted by Crippen LogP contribution is 2.11. The van der Waals surface area contributed by atoms with Crippen LogP contribution in [0, 0.1) is 0 Å². The van der Waals surface area contributed by atoms with E-state index >= 15 is 0 Å². The average Bonchev–Trinajstić information content (AvgIpc) is 2.15. The van der Waals surface area contributed by atoms with Gasteiger partial charge in [-0.1, -0.05) is 26.3 Å². The Bertz CT molecular complexity index is 147. The Hall–Kier alpha value is -0.300. The van der Waals surface area contributed by atoms with Gasteiger partial charge in [-0.15, -0.1) is 6.58 Å². The van der Waals surface area contributed by atoms with Crippen LogP contribution < -0.4 is 0 Å². The number of rotatable bonds is 8. The van der Waals surface area contributed by atoms with Crippen molar-refractivity contribution in [3.05, 3.63) is 12.2 Å². The fourth-order valence-electron chi connectivity index (χ4n) is 1.90. The Labute approximate surface area is 90.2 Å². The number of hydrogen-bond acceptors (Lipinski definition) is 1. The van der Waals surface area contributed by atoms with Crippen molar-refractivity contribution in [2.24, 2.45) is 0 Å². The third-order valence-electron chi connectivity index (χ3n) is 2.80. The van der Waals surface area contributed by atoms with Crippen molar-refractivity contribution in [2.75, 3.05) is 13.1 Å². The molecule has 0 aromatic rings. The van der Waals surface area contributed by atoms with E-state index < -0.39 is 0 Å². The van der Waals surface area contributed by atoms with E-state index in [4.69, 9.17) is 0 Å². The molecule has 14 heavy (non-hydrogen) atoms. The van der Waals surface area contributed by atoms with Gasteiger partial charge in [-0.2, -0.15) is 0 Å². The molecule has 1 nitrogen and oxygen atoms in total. The maximum absolute atomic E-state index is 3.97. The number of hydrogen-bond donors (Lipinski definition) is 0. The molecule has 84 valence electrons. The summed E-state index contributed by atoms with van der Waals surface area (Å²) in [6.07, 6.45) is 4.95. The molecule has 0 saturated heterocycles. The van der Waals surface area contributed by atoms with E-state index in [0.29, 0.717) is 0 Å². The van der Waals surface area contributed by atoms with Gasteiger partial charge in [0.2, 0.25) is 0 Å². The maximum Gasteiger partial charge on any atom is 0.00901 e. The molecule has 0 N–H and O–H groups in total. The molecule has 0 fully saturated rings. The summed E-state index contributed by atoms with van der Waals surface area (Å²) < 4.78 is 0. The summed E-state index contributed by atoms with van der Waals surface area (Å²) >= 11 is 0. The zero-order valence-electron chi connectivity index (χ0n) is 10.5. The van der Waals surface area contributed by atoms with Crippen molar-refractivity contribution in [1.29, 1.82) is 0 Å². The first kappa shape index (κ1) is 13.7. The Kier molecular flexibility index (Phi) is 7.87. The average molecular weight is 197 g/mol. The zero-order chi connectivity index (χ0) is 11.0. The molecule has 0 saturated carbocycles. The monoisotopic (exact) mass is 197 g/mol. The Morgan fingerprint density at radius 3 is 2.07 bits per heavy atom. The molecule has 0 aromatic carbocycles. The van der Waals surface area contributed by atoms with Gasteiger partial charge in [-0.3, -0.25) is 0 Å². The van der Waals surface area contributed by atoms with Crippen molar-refractivity contribution < 1.29 is 0 Å². The third kappa shape index (κ3) is 5.43. The Morgan fingerprint density at radius 2 is 1.71 bits per heavy atom. The van der Waals surface area contributed by atoms with E-state index in [-0.39, 0.29) is 0 Å². The van der Waals surface area contributed by atoms with E-state index in [0.717, 1.165) is 12.5 Å². The molecule has 0 amide bonds. The van der Waals surface area contributed by atoms with Gasteiger partial charge in [-0.05, 0) is 39.2 Å². The molecule has 0 aromatic heterocycles. The summed E-state index contributed by atoms with van der Waals surface area (Å²) in [6, 6.07) is 0.772. The lowest BCUT2D eigenvalue weighted by Crippen LogP contribution is -2.36. The highest BCUT2D eigenvalue weighted by Gasteiger charge is 2.13. The van der Waals surface area contributed by atoms with Crippen LogP contribution in [0.15, 0.2) is 12.2 Å². The Balaban J connectivity index is 4.04. The molecule has 0 unspecified atom stereocenters. The predicted octanol–water partition coefficient (Wildman–Crippen LogP) is 3.85. The van der Waals surface area contributed by atoms with Crippen LogP contribution in [0.4, 0.5) is 0 Å². The van der Waals surface area contributed by atoms with Crippen LogP contribution >= 0.6 is 0 Å². The van der Waals surface area contributed by atoms with Crippen molar-refractivity contribution in [1.82, 2.24) is 4.90 Å². The van der Waals surface area contributed by atoms with E-state index in [1.54, 1.807) is 0 Å². The molecule has 0 bridgehead atoms. The van der Waals surface area contributed by atoms with Gasteiger partial charge in [0.05, 0.1) is 0 Å². The quantitative estimate of drug-likeness (QED) is 0.534. The lowest BCUT2D eigenvalue weighted by molar-refractivity contribution is 0.188. The summed E-state index contributed by atoms with van der Waals surface area (Å²) in [6.45, 7) is 15.4.